The molecular formula is C9H11F3. The molecule has 0 aliphatic rings. The van der Waals surface area contributed by atoms with E-state index in [0.717, 1.165) is 0 Å². The number of halogens is 3. The smallest absolute Gasteiger partial charge is 0.157 e. The van der Waals surface area contributed by atoms with Crippen molar-refractivity contribution in [3.8, 4) is 0 Å². The maximum atomic E-state index is 12.6. The maximum Gasteiger partial charge on any atom is 0.157 e. The first-order valence-electron chi connectivity index (χ1n) is 3.56. The van der Waals surface area contributed by atoms with Crippen LogP contribution in [0.4, 0.5) is 13.2 Å². The fraction of sp³-hybridized carbons (Fsp3) is 0.333. The summed E-state index contributed by atoms with van der Waals surface area (Å²) in [7, 11) is 0. The summed E-state index contributed by atoms with van der Waals surface area (Å²) in [4.78, 5) is 0. The van der Waals surface area contributed by atoms with E-state index in [4.69, 9.17) is 0 Å². The molecule has 0 aromatic heterocycles. The van der Waals surface area contributed by atoms with Gasteiger partial charge in [0.1, 0.15) is 11.7 Å². The second kappa shape index (κ2) is 4.80. The Bertz CT molecular complexity index is 236. The molecular weight excluding hydrogens is 165 g/mol. The minimum absolute atomic E-state index is 0.0776. The van der Waals surface area contributed by atoms with Gasteiger partial charge in [-0.05, 0) is 18.9 Å². The highest BCUT2D eigenvalue weighted by atomic mass is 19.2. The molecule has 0 atom stereocenters. The number of rotatable bonds is 3. The van der Waals surface area contributed by atoms with Gasteiger partial charge in [-0.15, -0.1) is 0 Å². The SMILES string of the molecule is C=C(C)/C(F)=C\C(F)=C(\F)CC. The van der Waals surface area contributed by atoms with Gasteiger partial charge < -0.3 is 0 Å². The second-order valence-electron chi connectivity index (χ2n) is 2.38. The Morgan fingerprint density at radius 2 is 1.83 bits per heavy atom. The summed E-state index contributed by atoms with van der Waals surface area (Å²) < 4.78 is 37.6. The molecule has 0 spiro atoms. The Balaban J connectivity index is 4.64. The molecule has 0 radical (unpaired) electrons. The van der Waals surface area contributed by atoms with Gasteiger partial charge in [0.25, 0.3) is 0 Å². The van der Waals surface area contributed by atoms with E-state index in [9.17, 15) is 13.2 Å². The first-order valence-corrected chi connectivity index (χ1v) is 3.56. The third-order valence-corrected chi connectivity index (χ3v) is 1.23. The van der Waals surface area contributed by atoms with Crippen molar-refractivity contribution in [2.45, 2.75) is 20.3 Å². The van der Waals surface area contributed by atoms with Crippen molar-refractivity contribution in [3.63, 3.8) is 0 Å². The summed E-state index contributed by atoms with van der Waals surface area (Å²) in [5, 5.41) is 0. The van der Waals surface area contributed by atoms with Crippen molar-refractivity contribution in [1.29, 1.82) is 0 Å². The van der Waals surface area contributed by atoms with Crippen LogP contribution in [0, 0.1) is 0 Å². The molecule has 3 heteroatoms. The molecule has 0 amide bonds. The molecule has 0 aliphatic heterocycles. The third kappa shape index (κ3) is 3.42. The molecule has 68 valence electrons. The minimum atomic E-state index is -1.17. The van der Waals surface area contributed by atoms with Gasteiger partial charge in [-0.25, -0.2) is 13.2 Å². The van der Waals surface area contributed by atoms with Crippen LogP contribution in [0.2, 0.25) is 0 Å². The van der Waals surface area contributed by atoms with Crippen LogP contribution in [0.5, 0.6) is 0 Å². The molecule has 0 saturated carbocycles. The molecule has 0 saturated heterocycles. The Morgan fingerprint density at radius 1 is 1.33 bits per heavy atom. The van der Waals surface area contributed by atoms with Crippen LogP contribution in [0.1, 0.15) is 20.3 Å². The number of allylic oxidation sites excluding steroid dienone is 5. The van der Waals surface area contributed by atoms with Crippen LogP contribution < -0.4 is 0 Å². The third-order valence-electron chi connectivity index (χ3n) is 1.23. The van der Waals surface area contributed by atoms with Crippen molar-refractivity contribution in [1.82, 2.24) is 0 Å². The van der Waals surface area contributed by atoms with E-state index < -0.39 is 17.5 Å². The van der Waals surface area contributed by atoms with Gasteiger partial charge in [-0.2, -0.15) is 0 Å². The zero-order valence-corrected chi connectivity index (χ0v) is 7.13. The highest BCUT2D eigenvalue weighted by Crippen LogP contribution is 2.17. The standard InChI is InChI=1S/C9H11F3/c1-4-7(10)9(12)5-8(11)6(2)3/h5H,2,4H2,1,3H3/b8-5+,9-7-. The molecule has 0 bridgehead atoms. The Morgan fingerprint density at radius 3 is 2.17 bits per heavy atom. The molecule has 0 aliphatic carbocycles. The van der Waals surface area contributed by atoms with Gasteiger partial charge in [0.05, 0.1) is 0 Å². The molecule has 0 aromatic carbocycles. The van der Waals surface area contributed by atoms with Crippen LogP contribution in [0.15, 0.2) is 35.7 Å². The fourth-order valence-electron chi connectivity index (χ4n) is 0.482. The lowest BCUT2D eigenvalue weighted by atomic mass is 10.2. The maximum absolute atomic E-state index is 12.6. The van der Waals surface area contributed by atoms with Crippen LogP contribution >= 0.6 is 0 Å². The zero-order chi connectivity index (χ0) is 9.72. The summed E-state index contributed by atoms with van der Waals surface area (Å²) in [5.41, 5.74) is 0.0778. The molecule has 0 unspecified atom stereocenters. The largest absolute Gasteiger partial charge is 0.209 e. The van der Waals surface area contributed by atoms with E-state index in [-0.39, 0.29) is 12.0 Å². The molecule has 0 heterocycles. The Kier molecular flexibility index (Phi) is 4.40. The highest BCUT2D eigenvalue weighted by molar-refractivity contribution is 5.27. The quantitative estimate of drug-likeness (QED) is 0.570. The monoisotopic (exact) mass is 176 g/mol. The van der Waals surface area contributed by atoms with Gasteiger partial charge in [0, 0.05) is 6.08 Å². The van der Waals surface area contributed by atoms with Crippen molar-refractivity contribution in [3.05, 3.63) is 35.7 Å². The van der Waals surface area contributed by atoms with Gasteiger partial charge >= 0.3 is 0 Å². The van der Waals surface area contributed by atoms with E-state index >= 15 is 0 Å². The van der Waals surface area contributed by atoms with Crippen molar-refractivity contribution in [2.75, 3.05) is 0 Å². The average Bonchev–Trinajstić information content (AvgIpc) is 2.02. The van der Waals surface area contributed by atoms with Crippen LogP contribution in [-0.4, -0.2) is 0 Å². The van der Waals surface area contributed by atoms with Gasteiger partial charge in [-0.1, -0.05) is 13.5 Å². The molecule has 0 fully saturated rings. The molecule has 0 nitrogen and oxygen atoms in total. The normalized spacial score (nSPS) is 14.2. The lowest BCUT2D eigenvalue weighted by molar-refractivity contribution is 0.526. The summed E-state index contributed by atoms with van der Waals surface area (Å²) >= 11 is 0. The Hall–Kier alpha value is -0.990. The average molecular weight is 176 g/mol. The topological polar surface area (TPSA) is 0 Å². The fourth-order valence-corrected chi connectivity index (χ4v) is 0.482. The first kappa shape index (κ1) is 11.0. The van der Waals surface area contributed by atoms with Gasteiger partial charge in [0.15, 0.2) is 5.83 Å². The highest BCUT2D eigenvalue weighted by Gasteiger charge is 2.03. The predicted molar refractivity (Wildman–Crippen MR) is 43.5 cm³/mol. The van der Waals surface area contributed by atoms with Crippen molar-refractivity contribution < 1.29 is 13.2 Å². The van der Waals surface area contributed by atoms with Crippen LogP contribution in [-0.2, 0) is 0 Å². The summed E-state index contributed by atoms with van der Waals surface area (Å²) in [6.07, 6.45) is 0.424. The minimum Gasteiger partial charge on any atom is -0.209 e. The summed E-state index contributed by atoms with van der Waals surface area (Å²) in [5.74, 6) is -2.96. The van der Waals surface area contributed by atoms with E-state index in [1.165, 1.54) is 13.8 Å². The lowest BCUT2D eigenvalue weighted by Crippen LogP contribution is -1.79. The van der Waals surface area contributed by atoms with Gasteiger partial charge in [0.2, 0.25) is 0 Å². The van der Waals surface area contributed by atoms with E-state index in [2.05, 4.69) is 6.58 Å². The number of hydrogen-bond acceptors (Lipinski definition) is 0. The van der Waals surface area contributed by atoms with Crippen molar-refractivity contribution >= 4 is 0 Å². The van der Waals surface area contributed by atoms with E-state index in [1.54, 1.807) is 0 Å². The van der Waals surface area contributed by atoms with E-state index in [0.29, 0.717) is 6.08 Å². The Labute approximate surface area is 70.1 Å². The lowest BCUT2D eigenvalue weighted by Gasteiger charge is -1.94. The molecule has 12 heavy (non-hydrogen) atoms. The van der Waals surface area contributed by atoms with Crippen LogP contribution in [0.25, 0.3) is 0 Å². The van der Waals surface area contributed by atoms with Crippen molar-refractivity contribution in [2.24, 2.45) is 0 Å². The summed E-state index contributed by atoms with van der Waals surface area (Å²) in [6, 6.07) is 0. The molecule has 0 aromatic rings. The number of hydrogen-bond donors (Lipinski definition) is 0. The first-order chi connectivity index (χ1) is 5.49. The zero-order valence-electron chi connectivity index (χ0n) is 7.13. The van der Waals surface area contributed by atoms with E-state index in [1.807, 2.05) is 0 Å². The van der Waals surface area contributed by atoms with Crippen LogP contribution in [0.3, 0.4) is 0 Å². The predicted octanol–water partition coefficient (Wildman–Crippen LogP) is 3.98. The second-order valence-corrected chi connectivity index (χ2v) is 2.38. The molecule has 0 rings (SSSR count). The van der Waals surface area contributed by atoms with Gasteiger partial charge in [-0.3, -0.25) is 0 Å². The molecule has 0 N–H and O–H groups in total. The summed E-state index contributed by atoms with van der Waals surface area (Å²) in [6.45, 7) is 6.06.